The first-order valence-corrected chi connectivity index (χ1v) is 9.47. The number of nitrogens with one attached hydrogen (secondary N) is 2. The number of methoxy groups -OCH3 is 1. The van der Waals surface area contributed by atoms with Crippen LogP contribution in [0.3, 0.4) is 0 Å². The third-order valence-corrected chi connectivity index (χ3v) is 4.81. The maximum atomic E-state index is 13.8. The van der Waals surface area contributed by atoms with E-state index in [1.165, 1.54) is 25.3 Å². The number of hydrogen-bond acceptors (Lipinski definition) is 5. The second-order valence-electron chi connectivity index (χ2n) is 6.16. The van der Waals surface area contributed by atoms with E-state index < -0.39 is 5.97 Å². The lowest BCUT2D eigenvalue weighted by Crippen LogP contribution is -2.38. The lowest BCUT2D eigenvalue weighted by molar-refractivity contribution is 0.0512. The smallest absolute Gasteiger partial charge is 0.338 e. The fourth-order valence-electron chi connectivity index (χ4n) is 3.06. The van der Waals surface area contributed by atoms with Crippen LogP contribution in [0.4, 0.5) is 4.39 Å². The van der Waals surface area contributed by atoms with Crippen molar-refractivity contribution in [3.63, 3.8) is 0 Å². The highest BCUT2D eigenvalue weighted by Crippen LogP contribution is 2.32. The van der Waals surface area contributed by atoms with Gasteiger partial charge in [-0.2, -0.15) is 0 Å². The van der Waals surface area contributed by atoms with Gasteiger partial charge in [0.2, 0.25) is 5.88 Å². The molecule has 0 bridgehead atoms. The van der Waals surface area contributed by atoms with Crippen molar-refractivity contribution >= 4 is 34.9 Å². The minimum atomic E-state index is -0.538. The summed E-state index contributed by atoms with van der Waals surface area (Å²) in [6, 6.07) is 7.90. The van der Waals surface area contributed by atoms with Crippen LogP contribution in [0, 0.1) is 5.82 Å². The molecular weight excluding hydrogens is 405 g/mol. The SMILES string of the molecule is COc1cc(C(=O)OCCNC(=S)NC2CCc3c(F)cccc32)cc(Cl)n1. The van der Waals surface area contributed by atoms with Crippen LogP contribution in [-0.2, 0) is 11.2 Å². The molecule has 0 fully saturated rings. The van der Waals surface area contributed by atoms with E-state index in [1.807, 2.05) is 6.07 Å². The van der Waals surface area contributed by atoms with Crippen molar-refractivity contribution in [2.45, 2.75) is 18.9 Å². The highest BCUT2D eigenvalue weighted by molar-refractivity contribution is 7.80. The average Bonchev–Trinajstić information content (AvgIpc) is 3.08. The van der Waals surface area contributed by atoms with E-state index in [1.54, 1.807) is 6.07 Å². The second-order valence-corrected chi connectivity index (χ2v) is 6.95. The van der Waals surface area contributed by atoms with E-state index in [-0.39, 0.29) is 35.1 Å². The van der Waals surface area contributed by atoms with Gasteiger partial charge in [0.1, 0.15) is 17.6 Å². The average molecular weight is 424 g/mol. The topological polar surface area (TPSA) is 72.5 Å². The van der Waals surface area contributed by atoms with Crippen LogP contribution in [-0.4, -0.2) is 36.3 Å². The van der Waals surface area contributed by atoms with Crippen molar-refractivity contribution in [1.29, 1.82) is 0 Å². The van der Waals surface area contributed by atoms with Gasteiger partial charge in [-0.05, 0) is 48.3 Å². The Balaban J connectivity index is 1.44. The Bertz CT molecular complexity index is 897. The van der Waals surface area contributed by atoms with Gasteiger partial charge in [0.05, 0.1) is 25.3 Å². The van der Waals surface area contributed by atoms with Crippen LogP contribution in [0.1, 0.15) is 33.9 Å². The number of pyridine rings is 1. The molecule has 0 spiro atoms. The molecule has 148 valence electrons. The minimum Gasteiger partial charge on any atom is -0.481 e. The minimum absolute atomic E-state index is 0.0281. The van der Waals surface area contributed by atoms with E-state index in [0.29, 0.717) is 18.1 Å². The van der Waals surface area contributed by atoms with Crippen molar-refractivity contribution in [2.24, 2.45) is 0 Å². The standard InChI is InChI=1S/C19H19ClFN3O3S/c1-26-17-10-11(9-16(20)24-17)18(25)27-8-7-22-19(28)23-15-6-5-12-13(15)3-2-4-14(12)21/h2-4,9-10,15H,5-8H2,1H3,(H2,22,23,28). The number of rotatable bonds is 6. The molecule has 1 atom stereocenters. The molecule has 1 heterocycles. The predicted octanol–water partition coefficient (Wildman–Crippen LogP) is 3.19. The number of fused-ring (bicyclic) bond motifs is 1. The third kappa shape index (κ3) is 4.88. The van der Waals surface area contributed by atoms with Crippen molar-refractivity contribution in [3.8, 4) is 5.88 Å². The zero-order valence-corrected chi connectivity index (χ0v) is 16.7. The zero-order chi connectivity index (χ0) is 20.1. The molecule has 6 nitrogen and oxygen atoms in total. The number of carbonyl (C=O) groups is 1. The van der Waals surface area contributed by atoms with Gasteiger partial charge in [-0.25, -0.2) is 14.2 Å². The quantitative estimate of drug-likeness (QED) is 0.320. The summed E-state index contributed by atoms with van der Waals surface area (Å²) in [6.07, 6.45) is 1.45. The summed E-state index contributed by atoms with van der Waals surface area (Å²) in [4.78, 5) is 16.0. The number of nitrogens with zero attached hydrogens (tertiary/aromatic N) is 1. The number of halogens is 2. The summed E-state index contributed by atoms with van der Waals surface area (Å²) in [5, 5.41) is 6.72. The Labute approximate surface area is 172 Å². The highest BCUT2D eigenvalue weighted by atomic mass is 35.5. The first-order valence-electron chi connectivity index (χ1n) is 8.68. The zero-order valence-electron chi connectivity index (χ0n) is 15.1. The van der Waals surface area contributed by atoms with E-state index in [0.717, 1.165) is 17.5 Å². The van der Waals surface area contributed by atoms with E-state index in [2.05, 4.69) is 15.6 Å². The number of aromatic nitrogens is 1. The van der Waals surface area contributed by atoms with Gasteiger partial charge in [-0.1, -0.05) is 23.7 Å². The highest BCUT2D eigenvalue weighted by Gasteiger charge is 2.25. The van der Waals surface area contributed by atoms with Crippen LogP contribution in [0.5, 0.6) is 5.88 Å². The van der Waals surface area contributed by atoms with Gasteiger partial charge >= 0.3 is 5.97 Å². The monoisotopic (exact) mass is 423 g/mol. The van der Waals surface area contributed by atoms with E-state index in [4.69, 9.17) is 33.3 Å². The van der Waals surface area contributed by atoms with E-state index >= 15 is 0 Å². The van der Waals surface area contributed by atoms with Crippen molar-refractivity contribution in [2.75, 3.05) is 20.3 Å². The lowest BCUT2D eigenvalue weighted by atomic mass is 10.1. The molecule has 1 unspecified atom stereocenters. The summed E-state index contributed by atoms with van der Waals surface area (Å²) in [6.45, 7) is 0.440. The maximum absolute atomic E-state index is 13.8. The van der Waals surface area contributed by atoms with Gasteiger partial charge in [0.15, 0.2) is 5.11 Å². The Morgan fingerprint density at radius 3 is 3.04 bits per heavy atom. The number of ether oxygens (including phenoxy) is 2. The third-order valence-electron chi connectivity index (χ3n) is 4.36. The number of carbonyl (C=O) groups excluding carboxylic acids is 1. The molecule has 0 radical (unpaired) electrons. The molecule has 2 N–H and O–H groups in total. The summed E-state index contributed by atoms with van der Waals surface area (Å²) < 4.78 is 24.0. The van der Waals surface area contributed by atoms with Gasteiger partial charge in [-0.3, -0.25) is 0 Å². The molecule has 2 aromatic rings. The fraction of sp³-hybridized carbons (Fsp3) is 0.316. The Morgan fingerprint density at radius 1 is 1.43 bits per heavy atom. The van der Waals surface area contributed by atoms with E-state index in [9.17, 15) is 9.18 Å². The molecule has 0 aliphatic heterocycles. The molecule has 1 aromatic carbocycles. The van der Waals surface area contributed by atoms with Gasteiger partial charge in [0.25, 0.3) is 0 Å². The molecule has 9 heteroatoms. The Kier molecular flexibility index (Phi) is 6.64. The maximum Gasteiger partial charge on any atom is 0.338 e. The van der Waals surface area contributed by atoms with Crippen LogP contribution in [0.2, 0.25) is 5.15 Å². The number of thiocarbonyl (C=S) groups is 1. The van der Waals surface area contributed by atoms with Crippen molar-refractivity contribution in [3.05, 3.63) is 58.0 Å². The molecule has 1 aliphatic carbocycles. The van der Waals surface area contributed by atoms with Gasteiger partial charge in [-0.15, -0.1) is 0 Å². The summed E-state index contributed by atoms with van der Waals surface area (Å²) in [5.74, 6) is -0.486. The van der Waals surface area contributed by atoms with Crippen molar-refractivity contribution in [1.82, 2.24) is 15.6 Å². The normalized spacial score (nSPS) is 14.9. The molecule has 0 amide bonds. The van der Waals surface area contributed by atoms with Crippen LogP contribution < -0.4 is 15.4 Å². The summed E-state index contributed by atoms with van der Waals surface area (Å²) >= 11 is 11.1. The van der Waals surface area contributed by atoms with Gasteiger partial charge in [0, 0.05) is 6.07 Å². The second kappa shape index (κ2) is 9.16. The Hall–Kier alpha value is -2.45. The molecule has 28 heavy (non-hydrogen) atoms. The van der Waals surface area contributed by atoms with Crippen LogP contribution in [0.25, 0.3) is 0 Å². The molecule has 0 saturated carbocycles. The molecule has 1 aromatic heterocycles. The number of hydrogen-bond donors (Lipinski definition) is 2. The Morgan fingerprint density at radius 2 is 2.25 bits per heavy atom. The number of esters is 1. The van der Waals surface area contributed by atoms with Crippen LogP contribution in [0.15, 0.2) is 30.3 Å². The van der Waals surface area contributed by atoms with Crippen LogP contribution >= 0.6 is 23.8 Å². The fourth-order valence-corrected chi connectivity index (χ4v) is 3.50. The summed E-state index contributed by atoms with van der Waals surface area (Å²) in [7, 11) is 1.43. The van der Waals surface area contributed by atoms with Crippen molar-refractivity contribution < 1.29 is 18.7 Å². The lowest BCUT2D eigenvalue weighted by Gasteiger charge is -2.17. The largest absolute Gasteiger partial charge is 0.481 e. The molecule has 0 saturated heterocycles. The van der Waals surface area contributed by atoms with Gasteiger partial charge < -0.3 is 20.1 Å². The summed E-state index contributed by atoms with van der Waals surface area (Å²) in [5.41, 5.74) is 1.92. The first-order chi connectivity index (χ1) is 13.5. The molecular formula is C19H19ClFN3O3S. The first kappa shape index (κ1) is 20.3. The molecule has 1 aliphatic rings. The molecule has 3 rings (SSSR count). The predicted molar refractivity (Wildman–Crippen MR) is 107 cm³/mol. The number of benzene rings is 1.